The number of unbranched alkanes of at least 4 members (excludes halogenated alkanes) is 10. The van der Waals surface area contributed by atoms with Crippen molar-refractivity contribution in [1.82, 2.24) is 10.7 Å². The first-order valence-corrected chi connectivity index (χ1v) is 11.7. The van der Waals surface area contributed by atoms with E-state index in [1.807, 2.05) is 6.07 Å². The maximum absolute atomic E-state index is 11.9. The van der Waals surface area contributed by atoms with E-state index in [-0.39, 0.29) is 25.2 Å². The van der Waals surface area contributed by atoms with Crippen molar-refractivity contribution in [3.05, 3.63) is 23.8 Å². The fourth-order valence-corrected chi connectivity index (χ4v) is 3.43. The first kappa shape index (κ1) is 24.7. The topological polar surface area (TPSA) is 89.0 Å². The number of hydrogen-bond donors (Lipinski definition) is 2. The first-order valence-electron chi connectivity index (χ1n) is 11.7. The number of ether oxygens (including phenoxy) is 2. The van der Waals surface area contributed by atoms with Crippen LogP contribution in [0.1, 0.15) is 89.5 Å². The molecule has 0 aromatic heterocycles. The van der Waals surface area contributed by atoms with Gasteiger partial charge in [0.05, 0.1) is 12.8 Å². The molecule has 1 aliphatic heterocycles. The second kappa shape index (κ2) is 15.3. The molecule has 2 N–H and O–H groups in total. The van der Waals surface area contributed by atoms with Crippen LogP contribution in [0.4, 0.5) is 0 Å². The van der Waals surface area contributed by atoms with Crippen molar-refractivity contribution >= 4 is 18.0 Å². The monoisotopic (exact) mass is 431 g/mol. The lowest BCUT2D eigenvalue weighted by Gasteiger charge is -2.05. The Labute approximate surface area is 186 Å². The Morgan fingerprint density at radius 2 is 1.55 bits per heavy atom. The number of hydrogen-bond acceptors (Lipinski definition) is 5. The van der Waals surface area contributed by atoms with E-state index in [0.717, 1.165) is 18.4 Å². The molecule has 0 bridgehead atoms. The van der Waals surface area contributed by atoms with Crippen LogP contribution >= 0.6 is 0 Å². The zero-order valence-electron chi connectivity index (χ0n) is 18.8. The Kier molecular flexibility index (Phi) is 12.2. The van der Waals surface area contributed by atoms with Crippen molar-refractivity contribution < 1.29 is 19.1 Å². The smallest absolute Gasteiger partial charge is 0.259 e. The third-order valence-corrected chi connectivity index (χ3v) is 5.25. The Balaban J connectivity index is 1.44. The molecule has 172 valence electrons. The third-order valence-electron chi connectivity index (χ3n) is 5.25. The van der Waals surface area contributed by atoms with Crippen molar-refractivity contribution in [3.63, 3.8) is 0 Å². The van der Waals surface area contributed by atoms with Crippen molar-refractivity contribution in [1.29, 1.82) is 0 Å². The maximum atomic E-state index is 11.9. The summed E-state index contributed by atoms with van der Waals surface area (Å²) in [6.07, 6.45) is 15.7. The predicted octanol–water partition coefficient (Wildman–Crippen LogP) is 4.68. The average Bonchev–Trinajstić information content (AvgIpc) is 3.24. The average molecular weight is 432 g/mol. The Morgan fingerprint density at radius 1 is 0.903 bits per heavy atom. The van der Waals surface area contributed by atoms with Crippen molar-refractivity contribution in [2.45, 2.75) is 84.0 Å². The summed E-state index contributed by atoms with van der Waals surface area (Å²) in [4.78, 5) is 23.7. The lowest BCUT2D eigenvalue weighted by Crippen LogP contribution is -2.34. The molecule has 0 radical (unpaired) electrons. The molecular weight excluding hydrogens is 394 g/mol. The zero-order chi connectivity index (χ0) is 22.2. The van der Waals surface area contributed by atoms with Crippen LogP contribution < -0.4 is 20.2 Å². The van der Waals surface area contributed by atoms with Crippen LogP contribution in [0, 0.1) is 0 Å². The largest absolute Gasteiger partial charge is 0.454 e. The second-order valence-electron chi connectivity index (χ2n) is 7.97. The molecule has 0 atom stereocenters. The molecule has 2 amide bonds. The molecule has 0 unspecified atom stereocenters. The Bertz CT molecular complexity index is 706. The van der Waals surface area contributed by atoms with Crippen LogP contribution in [-0.2, 0) is 9.59 Å². The number of nitrogens with zero attached hydrogens (tertiary/aromatic N) is 1. The molecule has 31 heavy (non-hydrogen) atoms. The van der Waals surface area contributed by atoms with E-state index in [1.54, 1.807) is 12.1 Å². The van der Waals surface area contributed by atoms with E-state index < -0.39 is 0 Å². The van der Waals surface area contributed by atoms with Crippen molar-refractivity contribution in [2.24, 2.45) is 5.10 Å². The molecule has 0 aliphatic carbocycles. The van der Waals surface area contributed by atoms with Gasteiger partial charge in [-0.05, 0) is 30.2 Å². The molecule has 0 saturated heterocycles. The van der Waals surface area contributed by atoms with Crippen LogP contribution in [0.2, 0.25) is 0 Å². The summed E-state index contributed by atoms with van der Waals surface area (Å²) >= 11 is 0. The van der Waals surface area contributed by atoms with E-state index in [2.05, 4.69) is 22.8 Å². The number of carbonyl (C=O) groups is 2. The maximum Gasteiger partial charge on any atom is 0.259 e. The minimum Gasteiger partial charge on any atom is -0.454 e. The molecule has 1 heterocycles. The molecule has 0 saturated carbocycles. The summed E-state index contributed by atoms with van der Waals surface area (Å²) in [5.74, 6) is 0.904. The molecule has 2 rings (SSSR count). The lowest BCUT2D eigenvalue weighted by atomic mass is 10.1. The number of benzene rings is 1. The molecular formula is C24H37N3O4. The summed E-state index contributed by atoms with van der Waals surface area (Å²) in [7, 11) is 0. The summed E-state index contributed by atoms with van der Waals surface area (Å²) in [5, 5.41) is 6.54. The van der Waals surface area contributed by atoms with Gasteiger partial charge >= 0.3 is 0 Å². The third kappa shape index (κ3) is 10.9. The fourth-order valence-electron chi connectivity index (χ4n) is 3.43. The summed E-state index contributed by atoms with van der Waals surface area (Å²) in [6, 6.07) is 5.40. The second-order valence-corrected chi connectivity index (χ2v) is 7.97. The van der Waals surface area contributed by atoms with E-state index in [1.165, 1.54) is 64.0 Å². The summed E-state index contributed by atoms with van der Waals surface area (Å²) in [6.45, 7) is 2.38. The number of carbonyl (C=O) groups excluding carboxylic acids is 2. The summed E-state index contributed by atoms with van der Waals surface area (Å²) in [5.41, 5.74) is 3.19. The van der Waals surface area contributed by atoms with Gasteiger partial charge in [-0.3, -0.25) is 9.59 Å². The van der Waals surface area contributed by atoms with Gasteiger partial charge in [-0.1, -0.05) is 71.1 Å². The molecule has 7 heteroatoms. The van der Waals surface area contributed by atoms with Gasteiger partial charge in [0, 0.05) is 6.42 Å². The number of amides is 2. The minimum absolute atomic E-state index is 0.0741. The summed E-state index contributed by atoms with van der Waals surface area (Å²) < 4.78 is 10.5. The van der Waals surface area contributed by atoms with Crippen molar-refractivity contribution in [3.8, 4) is 11.5 Å². The van der Waals surface area contributed by atoms with E-state index in [4.69, 9.17) is 9.47 Å². The van der Waals surface area contributed by atoms with Gasteiger partial charge in [-0.25, -0.2) is 5.43 Å². The van der Waals surface area contributed by atoms with Gasteiger partial charge in [0.2, 0.25) is 12.7 Å². The zero-order valence-corrected chi connectivity index (χ0v) is 18.8. The number of fused-ring (bicyclic) bond motifs is 1. The highest BCUT2D eigenvalue weighted by Crippen LogP contribution is 2.31. The van der Waals surface area contributed by atoms with E-state index in [9.17, 15) is 9.59 Å². The van der Waals surface area contributed by atoms with Crippen LogP contribution in [0.25, 0.3) is 0 Å². The molecule has 1 aromatic rings. The van der Waals surface area contributed by atoms with Gasteiger partial charge in [0.1, 0.15) is 0 Å². The molecule has 0 spiro atoms. The van der Waals surface area contributed by atoms with Crippen LogP contribution in [0.3, 0.4) is 0 Å². The Hall–Kier alpha value is -2.57. The van der Waals surface area contributed by atoms with E-state index in [0.29, 0.717) is 17.9 Å². The lowest BCUT2D eigenvalue weighted by molar-refractivity contribution is -0.126. The highest BCUT2D eigenvalue weighted by molar-refractivity contribution is 5.86. The first-order chi connectivity index (χ1) is 15.2. The van der Waals surface area contributed by atoms with Gasteiger partial charge in [0.25, 0.3) is 5.91 Å². The standard InChI is InChI=1S/C24H37N3O4/c1-2-3-4-5-6-7-8-9-10-11-12-13-23(28)25-18-24(29)27-26-17-20-14-15-21-22(16-20)31-19-30-21/h14-17H,2-13,18-19H2,1H3,(H,25,28)(H,27,29)/b26-17+. The molecule has 7 nitrogen and oxygen atoms in total. The fraction of sp³-hybridized carbons (Fsp3) is 0.625. The van der Waals surface area contributed by atoms with Gasteiger partial charge < -0.3 is 14.8 Å². The van der Waals surface area contributed by atoms with Crippen molar-refractivity contribution in [2.75, 3.05) is 13.3 Å². The molecule has 1 aliphatic rings. The van der Waals surface area contributed by atoms with Crippen LogP contribution in [-0.4, -0.2) is 31.4 Å². The number of rotatable bonds is 16. The minimum atomic E-state index is -0.357. The normalized spacial score (nSPS) is 12.3. The van der Waals surface area contributed by atoms with E-state index >= 15 is 0 Å². The van der Waals surface area contributed by atoms with Crippen LogP contribution in [0.15, 0.2) is 23.3 Å². The Morgan fingerprint density at radius 3 is 2.26 bits per heavy atom. The SMILES string of the molecule is CCCCCCCCCCCCCC(=O)NCC(=O)N/N=C/c1ccc2c(c1)OCO2. The van der Waals surface area contributed by atoms with Gasteiger partial charge in [-0.15, -0.1) is 0 Å². The highest BCUT2D eigenvalue weighted by atomic mass is 16.7. The predicted molar refractivity (Wildman–Crippen MR) is 122 cm³/mol. The van der Waals surface area contributed by atoms with Crippen LogP contribution in [0.5, 0.6) is 11.5 Å². The van der Waals surface area contributed by atoms with Gasteiger partial charge in [-0.2, -0.15) is 5.10 Å². The number of nitrogens with one attached hydrogen (secondary N) is 2. The van der Waals surface area contributed by atoms with Gasteiger partial charge in [0.15, 0.2) is 11.5 Å². The highest BCUT2D eigenvalue weighted by Gasteiger charge is 2.12. The quantitative estimate of drug-likeness (QED) is 0.226. The number of hydrazone groups is 1. The molecule has 1 aromatic carbocycles. The molecule has 0 fully saturated rings.